The zero-order chi connectivity index (χ0) is 26.3. The molecule has 37 heavy (non-hydrogen) atoms. The molecule has 5 rings (SSSR count). The molecule has 0 aliphatic heterocycles. The topological polar surface area (TPSA) is 0 Å². The van der Waals surface area contributed by atoms with E-state index in [0.717, 1.165) is 0 Å². The lowest BCUT2D eigenvalue weighted by molar-refractivity contribution is 1.34. The fraction of sp³-hybridized carbons (Fsp3) is 0.200. The van der Waals surface area contributed by atoms with Crippen molar-refractivity contribution in [3.8, 4) is 0 Å². The van der Waals surface area contributed by atoms with Crippen molar-refractivity contribution >= 4 is 44.8 Å². The van der Waals surface area contributed by atoms with Gasteiger partial charge in [0.15, 0.2) is 9.79 Å². The van der Waals surface area contributed by atoms with Gasteiger partial charge >= 0.3 is 0 Å². The number of hydrogen-bond donors (Lipinski definition) is 0. The van der Waals surface area contributed by atoms with E-state index in [1.165, 1.54) is 70.3 Å². The SMILES string of the molecule is Cc1cc(C)c(B(c2c(C)cc(C)cc2C)c2cccc3cccc([S+](C)c4ccccc4)c23)c(C)c1. The lowest BCUT2D eigenvalue weighted by Crippen LogP contribution is -2.56. The zero-order valence-corrected chi connectivity index (χ0v) is 24.0. The highest BCUT2D eigenvalue weighted by Gasteiger charge is 2.32. The largest absolute Gasteiger partial charge is 0.243 e. The third-order valence-electron chi connectivity index (χ3n) is 7.69. The summed E-state index contributed by atoms with van der Waals surface area (Å²) in [5.41, 5.74) is 12.4. The fourth-order valence-electron chi connectivity index (χ4n) is 6.33. The summed E-state index contributed by atoms with van der Waals surface area (Å²) in [5, 5.41) is 2.73. The highest BCUT2D eigenvalue weighted by atomic mass is 32.2. The van der Waals surface area contributed by atoms with Crippen molar-refractivity contribution in [1.82, 2.24) is 0 Å². The van der Waals surface area contributed by atoms with Crippen molar-refractivity contribution in [3.05, 3.63) is 124 Å². The van der Waals surface area contributed by atoms with E-state index in [-0.39, 0.29) is 17.6 Å². The second-order valence-corrected chi connectivity index (χ2v) is 12.5. The van der Waals surface area contributed by atoms with Gasteiger partial charge in [0.2, 0.25) is 6.71 Å². The van der Waals surface area contributed by atoms with Crippen LogP contribution in [0.3, 0.4) is 0 Å². The zero-order valence-electron chi connectivity index (χ0n) is 23.1. The molecule has 184 valence electrons. The molecule has 1 atom stereocenters. The standard InChI is InChI=1S/C35H36BS/c1-23-19-25(3)34(26(4)20-23)36(35-27(5)21-24(2)22-28(35)6)31-17-11-13-29-14-12-18-32(33(29)31)37(7)30-15-9-8-10-16-30/h8-22H,1-7H3/q+1. The quantitative estimate of drug-likeness (QED) is 0.183. The third-order valence-corrected chi connectivity index (χ3v) is 9.67. The van der Waals surface area contributed by atoms with Crippen LogP contribution in [0.25, 0.3) is 10.8 Å². The van der Waals surface area contributed by atoms with Gasteiger partial charge in [0, 0.05) is 5.39 Å². The van der Waals surface area contributed by atoms with Gasteiger partial charge in [-0.05, 0) is 65.1 Å². The van der Waals surface area contributed by atoms with Gasteiger partial charge in [-0.15, -0.1) is 0 Å². The van der Waals surface area contributed by atoms with Crippen molar-refractivity contribution in [3.63, 3.8) is 0 Å². The van der Waals surface area contributed by atoms with E-state index in [9.17, 15) is 0 Å². The molecule has 0 nitrogen and oxygen atoms in total. The normalized spacial score (nSPS) is 12.1. The first kappa shape index (κ1) is 25.4. The molecule has 5 aromatic carbocycles. The van der Waals surface area contributed by atoms with E-state index in [4.69, 9.17) is 0 Å². The number of aryl methyl sites for hydroxylation is 6. The van der Waals surface area contributed by atoms with Crippen molar-refractivity contribution in [2.45, 2.75) is 51.3 Å². The number of benzene rings is 5. The summed E-state index contributed by atoms with van der Waals surface area (Å²) >= 11 is 0. The van der Waals surface area contributed by atoms with E-state index < -0.39 is 0 Å². The van der Waals surface area contributed by atoms with Crippen LogP contribution in [0.2, 0.25) is 0 Å². The van der Waals surface area contributed by atoms with Gasteiger partial charge < -0.3 is 0 Å². The first-order chi connectivity index (χ1) is 17.8. The minimum absolute atomic E-state index is 0.0397. The Hall–Kier alpha value is -3.23. The van der Waals surface area contributed by atoms with E-state index in [1.54, 1.807) is 0 Å². The molecular weight excluding hydrogens is 463 g/mol. The monoisotopic (exact) mass is 499 g/mol. The summed E-state index contributed by atoms with van der Waals surface area (Å²) in [7, 11) is -0.0397. The summed E-state index contributed by atoms with van der Waals surface area (Å²) < 4.78 is 0. The summed E-state index contributed by atoms with van der Waals surface area (Å²) in [5.74, 6) is 0. The van der Waals surface area contributed by atoms with Crippen LogP contribution in [0, 0.1) is 41.5 Å². The van der Waals surface area contributed by atoms with Crippen LogP contribution in [0.1, 0.15) is 33.4 Å². The highest BCUT2D eigenvalue weighted by Crippen LogP contribution is 2.28. The van der Waals surface area contributed by atoms with Gasteiger partial charge in [-0.25, -0.2) is 0 Å². The second kappa shape index (κ2) is 10.3. The second-order valence-electron chi connectivity index (χ2n) is 10.6. The minimum atomic E-state index is -0.0397. The Morgan fingerprint density at radius 1 is 0.541 bits per heavy atom. The van der Waals surface area contributed by atoms with E-state index >= 15 is 0 Å². The van der Waals surface area contributed by atoms with E-state index in [1.807, 2.05) is 0 Å². The molecule has 1 unspecified atom stereocenters. The molecular formula is C35H36BS+. The molecule has 0 saturated heterocycles. The Morgan fingerprint density at radius 2 is 1.03 bits per heavy atom. The van der Waals surface area contributed by atoms with E-state index in [2.05, 4.69) is 139 Å². The molecule has 2 heteroatoms. The lowest BCUT2D eigenvalue weighted by Gasteiger charge is -2.26. The first-order valence-corrected chi connectivity index (χ1v) is 14.8. The third kappa shape index (κ3) is 4.76. The van der Waals surface area contributed by atoms with Gasteiger partial charge in [-0.1, -0.05) is 123 Å². The van der Waals surface area contributed by atoms with Gasteiger partial charge in [-0.3, -0.25) is 0 Å². The molecule has 0 saturated carbocycles. The van der Waals surface area contributed by atoms with Crippen molar-refractivity contribution in [2.75, 3.05) is 6.26 Å². The van der Waals surface area contributed by atoms with Crippen molar-refractivity contribution < 1.29 is 0 Å². The van der Waals surface area contributed by atoms with Crippen LogP contribution in [-0.2, 0) is 10.9 Å². The molecule has 0 spiro atoms. The van der Waals surface area contributed by atoms with Crippen molar-refractivity contribution in [1.29, 1.82) is 0 Å². The molecule has 0 radical (unpaired) electrons. The minimum Gasteiger partial charge on any atom is -0.0662 e. The molecule has 0 N–H and O–H groups in total. The smallest absolute Gasteiger partial charge is 0.0662 e. The van der Waals surface area contributed by atoms with Crippen molar-refractivity contribution in [2.24, 2.45) is 0 Å². The fourth-order valence-corrected chi connectivity index (χ4v) is 7.97. The Morgan fingerprint density at radius 3 is 1.54 bits per heavy atom. The van der Waals surface area contributed by atoms with Crippen LogP contribution in [-0.4, -0.2) is 13.0 Å². The number of fused-ring (bicyclic) bond motifs is 1. The van der Waals surface area contributed by atoms with Gasteiger partial charge in [-0.2, -0.15) is 0 Å². The molecule has 5 aromatic rings. The molecule has 0 heterocycles. The molecule has 0 aliphatic carbocycles. The Labute approximate surface area is 226 Å². The molecule has 0 aromatic heterocycles. The average Bonchev–Trinajstić information content (AvgIpc) is 2.86. The molecule has 0 fully saturated rings. The highest BCUT2D eigenvalue weighted by molar-refractivity contribution is 7.96. The van der Waals surface area contributed by atoms with Crippen LogP contribution in [0.5, 0.6) is 0 Å². The summed E-state index contributed by atoms with van der Waals surface area (Å²) in [6, 6.07) is 34.2. The summed E-state index contributed by atoms with van der Waals surface area (Å²) in [4.78, 5) is 2.81. The van der Waals surface area contributed by atoms with Crippen LogP contribution < -0.4 is 16.4 Å². The summed E-state index contributed by atoms with van der Waals surface area (Å²) in [6.45, 7) is 13.8. The van der Waals surface area contributed by atoms with Crippen LogP contribution in [0.4, 0.5) is 0 Å². The lowest BCUT2D eigenvalue weighted by atomic mass is 9.33. The van der Waals surface area contributed by atoms with E-state index in [0.29, 0.717) is 0 Å². The van der Waals surface area contributed by atoms with Gasteiger partial charge in [0.25, 0.3) is 0 Å². The van der Waals surface area contributed by atoms with Crippen LogP contribution in [0.15, 0.2) is 101 Å². The number of rotatable bonds is 5. The molecule has 0 bridgehead atoms. The Kier molecular flexibility index (Phi) is 7.05. The maximum atomic E-state index is 2.39. The predicted molar refractivity (Wildman–Crippen MR) is 166 cm³/mol. The Balaban J connectivity index is 1.88. The Bertz CT molecular complexity index is 1490. The van der Waals surface area contributed by atoms with Gasteiger partial charge in [0.1, 0.15) is 6.26 Å². The predicted octanol–water partition coefficient (Wildman–Crippen LogP) is 6.87. The summed E-state index contributed by atoms with van der Waals surface area (Å²) in [6.07, 6.45) is 2.38. The molecule has 0 aliphatic rings. The van der Waals surface area contributed by atoms with Crippen LogP contribution >= 0.6 is 0 Å². The number of hydrogen-bond acceptors (Lipinski definition) is 0. The van der Waals surface area contributed by atoms with Gasteiger partial charge in [0.05, 0.1) is 10.9 Å². The average molecular weight is 500 g/mol. The molecule has 0 amide bonds. The first-order valence-electron chi connectivity index (χ1n) is 13.1. The maximum Gasteiger partial charge on any atom is 0.243 e. The maximum absolute atomic E-state index is 2.39.